The number of fused-ring (bicyclic) bond motifs is 1. The lowest BCUT2D eigenvalue weighted by Gasteiger charge is -2.41. The summed E-state index contributed by atoms with van der Waals surface area (Å²) >= 11 is -1.15. The minimum absolute atomic E-state index is 0.0646. The average molecular weight is 381 g/mol. The molecule has 1 aliphatic heterocycles. The third kappa shape index (κ3) is 4.01. The van der Waals surface area contributed by atoms with Gasteiger partial charge in [0.25, 0.3) is 0 Å². The Bertz CT molecular complexity index is 643. The quantitative estimate of drug-likeness (QED) is 0.812. The monoisotopic (exact) mass is 380 g/mol. The molecule has 0 bridgehead atoms. The Morgan fingerprint density at radius 3 is 2.62 bits per heavy atom. The molecule has 7 heteroatoms. The van der Waals surface area contributed by atoms with Crippen molar-refractivity contribution in [3.8, 4) is 0 Å². The van der Waals surface area contributed by atoms with Crippen LogP contribution in [0, 0.1) is 0 Å². The molecule has 1 aliphatic carbocycles. The van der Waals surface area contributed by atoms with Crippen LogP contribution in [0.4, 0.5) is 4.79 Å². The fraction of sp³-hybridized carbons (Fsp3) is 0.632. The van der Waals surface area contributed by atoms with Crippen molar-refractivity contribution in [1.29, 1.82) is 0 Å². The zero-order valence-electron chi connectivity index (χ0n) is 15.7. The summed E-state index contributed by atoms with van der Waals surface area (Å²) in [5.41, 5.74) is 1.78. The van der Waals surface area contributed by atoms with E-state index >= 15 is 0 Å². The Morgan fingerprint density at radius 1 is 1.35 bits per heavy atom. The van der Waals surface area contributed by atoms with Crippen LogP contribution in [0.5, 0.6) is 0 Å². The summed E-state index contributed by atoms with van der Waals surface area (Å²) in [5, 5.41) is 9.87. The van der Waals surface area contributed by atoms with Crippen molar-refractivity contribution in [3.63, 3.8) is 0 Å². The number of benzene rings is 1. The topological polar surface area (TPSA) is 76.1 Å². The molecule has 3 rings (SSSR count). The van der Waals surface area contributed by atoms with Gasteiger partial charge in [-0.15, -0.1) is 4.31 Å². The van der Waals surface area contributed by atoms with Gasteiger partial charge in [-0.3, -0.25) is 4.90 Å². The highest BCUT2D eigenvalue weighted by Gasteiger charge is 2.45. The molecule has 1 aromatic rings. The van der Waals surface area contributed by atoms with Gasteiger partial charge in [0, 0.05) is 16.9 Å². The number of nitrogens with zero attached hydrogens (tertiary/aromatic N) is 2. The van der Waals surface area contributed by atoms with Gasteiger partial charge in [-0.1, -0.05) is 24.3 Å². The number of ether oxygens (including phenoxy) is 1. The normalized spacial score (nSPS) is 24.9. The molecule has 26 heavy (non-hydrogen) atoms. The van der Waals surface area contributed by atoms with Gasteiger partial charge in [0.05, 0.1) is 38.3 Å². The SMILES string of the molecule is CC(C)(C)N(C(=O)O)[C@@H]1Cc2ccccc2[C@H]1C[S+]([O-])N1CCOCC1. The van der Waals surface area contributed by atoms with Crippen molar-refractivity contribution in [2.75, 3.05) is 32.1 Å². The van der Waals surface area contributed by atoms with Crippen molar-refractivity contribution in [2.45, 2.75) is 44.7 Å². The van der Waals surface area contributed by atoms with E-state index in [0.29, 0.717) is 38.5 Å². The fourth-order valence-electron chi connectivity index (χ4n) is 4.06. The predicted octanol–water partition coefficient (Wildman–Crippen LogP) is 2.47. The first kappa shape index (κ1) is 19.5. The van der Waals surface area contributed by atoms with E-state index in [-0.39, 0.29) is 12.0 Å². The summed E-state index contributed by atoms with van der Waals surface area (Å²) in [6.07, 6.45) is -0.248. The second-order valence-corrected chi connectivity index (χ2v) is 9.42. The molecule has 3 atom stereocenters. The number of amides is 1. The molecular formula is C19H28N2O4S. The molecule has 1 amide bonds. The molecule has 1 fully saturated rings. The Kier molecular flexibility index (Phi) is 5.81. The zero-order valence-corrected chi connectivity index (χ0v) is 16.5. The van der Waals surface area contributed by atoms with Gasteiger partial charge in [-0.2, -0.15) is 0 Å². The Labute approximate surface area is 158 Å². The van der Waals surface area contributed by atoms with Crippen molar-refractivity contribution in [1.82, 2.24) is 9.21 Å². The molecule has 1 saturated heterocycles. The van der Waals surface area contributed by atoms with Gasteiger partial charge in [0.15, 0.2) is 0 Å². The summed E-state index contributed by atoms with van der Waals surface area (Å²) in [6.45, 7) is 8.26. The van der Waals surface area contributed by atoms with Crippen LogP contribution >= 0.6 is 0 Å². The number of hydrogen-bond donors (Lipinski definition) is 1. The first-order valence-electron chi connectivity index (χ1n) is 9.10. The summed E-state index contributed by atoms with van der Waals surface area (Å²) in [6, 6.07) is 7.88. The largest absolute Gasteiger partial charge is 0.598 e. The number of hydrogen-bond acceptors (Lipinski definition) is 4. The molecule has 1 aromatic carbocycles. The standard InChI is InChI=1S/C19H28N2O4S/c1-19(2,3)21(18(22)23)17-12-14-6-4-5-7-15(14)16(17)13-26(24)20-8-10-25-11-9-20/h4-7,16-17H,8-13H2,1-3H3,(H,22,23)/t16-,17-,26?/m1/s1. The number of carboxylic acid groups (broad SMARTS) is 1. The highest BCUT2D eigenvalue weighted by Crippen LogP contribution is 2.40. The summed E-state index contributed by atoms with van der Waals surface area (Å²) in [7, 11) is 0. The molecule has 2 aliphatic rings. The van der Waals surface area contributed by atoms with E-state index < -0.39 is 23.0 Å². The highest BCUT2D eigenvalue weighted by atomic mass is 32.2. The third-order valence-electron chi connectivity index (χ3n) is 5.19. The van der Waals surface area contributed by atoms with Gasteiger partial charge < -0.3 is 14.4 Å². The maximum atomic E-state index is 13.0. The zero-order chi connectivity index (χ0) is 18.9. The number of morpholine rings is 1. The third-order valence-corrected chi connectivity index (χ3v) is 6.77. The van der Waals surface area contributed by atoms with E-state index in [0.717, 1.165) is 11.1 Å². The molecule has 1 N–H and O–H groups in total. The number of carbonyl (C=O) groups is 1. The maximum absolute atomic E-state index is 13.0. The molecule has 144 valence electrons. The van der Waals surface area contributed by atoms with Gasteiger partial charge in [0.1, 0.15) is 5.75 Å². The van der Waals surface area contributed by atoms with E-state index in [1.54, 1.807) is 4.90 Å². The molecule has 1 heterocycles. The lowest BCUT2D eigenvalue weighted by atomic mass is 9.95. The smallest absolute Gasteiger partial charge is 0.408 e. The first-order valence-corrected chi connectivity index (χ1v) is 10.4. The fourth-order valence-corrected chi connectivity index (χ4v) is 5.54. The van der Waals surface area contributed by atoms with Crippen molar-refractivity contribution >= 4 is 17.5 Å². The predicted molar refractivity (Wildman–Crippen MR) is 102 cm³/mol. The maximum Gasteiger partial charge on any atom is 0.408 e. The van der Waals surface area contributed by atoms with E-state index in [1.165, 1.54) is 0 Å². The second kappa shape index (κ2) is 7.76. The summed E-state index contributed by atoms with van der Waals surface area (Å²) in [4.78, 5) is 13.6. The lowest BCUT2D eigenvalue weighted by Crippen LogP contribution is -2.54. The molecule has 6 nitrogen and oxygen atoms in total. The Balaban J connectivity index is 1.87. The molecule has 0 saturated carbocycles. The van der Waals surface area contributed by atoms with Gasteiger partial charge in [-0.05, 0) is 38.3 Å². The molecule has 1 unspecified atom stereocenters. The van der Waals surface area contributed by atoms with Gasteiger partial charge in [0.2, 0.25) is 0 Å². The van der Waals surface area contributed by atoms with E-state index in [4.69, 9.17) is 4.74 Å². The number of rotatable bonds is 4. The van der Waals surface area contributed by atoms with Gasteiger partial charge in [-0.25, -0.2) is 4.79 Å². The van der Waals surface area contributed by atoms with Crippen LogP contribution in [0.1, 0.15) is 37.8 Å². The summed E-state index contributed by atoms with van der Waals surface area (Å²) < 4.78 is 20.3. The van der Waals surface area contributed by atoms with Crippen LogP contribution in [-0.4, -0.2) is 68.6 Å². The van der Waals surface area contributed by atoms with Crippen LogP contribution in [0.15, 0.2) is 24.3 Å². The highest BCUT2D eigenvalue weighted by molar-refractivity contribution is 7.89. The molecular weight excluding hydrogens is 352 g/mol. The second-order valence-electron chi connectivity index (χ2n) is 7.93. The molecule has 0 aromatic heterocycles. The minimum atomic E-state index is -1.15. The van der Waals surface area contributed by atoms with Crippen LogP contribution in [0.25, 0.3) is 0 Å². The average Bonchev–Trinajstić information content (AvgIpc) is 2.92. The Morgan fingerprint density at radius 2 is 2.00 bits per heavy atom. The van der Waals surface area contributed by atoms with Crippen molar-refractivity contribution < 1.29 is 19.2 Å². The summed E-state index contributed by atoms with van der Waals surface area (Å²) in [5.74, 6) is 0.381. The Hall–Kier alpha value is -1.28. The van der Waals surface area contributed by atoms with E-state index in [2.05, 4.69) is 12.1 Å². The van der Waals surface area contributed by atoms with Crippen LogP contribution in [-0.2, 0) is 22.5 Å². The van der Waals surface area contributed by atoms with Crippen molar-refractivity contribution in [2.24, 2.45) is 0 Å². The molecule has 0 radical (unpaired) electrons. The lowest BCUT2D eigenvalue weighted by molar-refractivity contribution is 0.0651. The van der Waals surface area contributed by atoms with Crippen LogP contribution in [0.2, 0.25) is 0 Å². The van der Waals surface area contributed by atoms with Crippen molar-refractivity contribution in [3.05, 3.63) is 35.4 Å². The molecule has 0 spiro atoms. The van der Waals surface area contributed by atoms with E-state index in [1.807, 2.05) is 37.2 Å². The van der Waals surface area contributed by atoms with Crippen LogP contribution in [0.3, 0.4) is 0 Å². The van der Waals surface area contributed by atoms with E-state index in [9.17, 15) is 14.5 Å². The van der Waals surface area contributed by atoms with Gasteiger partial charge >= 0.3 is 6.09 Å². The first-order chi connectivity index (χ1) is 12.3. The van der Waals surface area contributed by atoms with Crippen LogP contribution < -0.4 is 0 Å². The minimum Gasteiger partial charge on any atom is -0.598 e.